The zero-order valence-electron chi connectivity index (χ0n) is 14.7. The largest absolute Gasteiger partial charge is 0.342 e. The molecule has 0 radical (unpaired) electrons. The number of nitrogens with zero attached hydrogens (tertiary/aromatic N) is 3. The summed E-state index contributed by atoms with van der Waals surface area (Å²) in [5, 5.41) is 6.82. The van der Waals surface area contributed by atoms with E-state index in [9.17, 15) is 4.79 Å². The highest BCUT2D eigenvalue weighted by atomic mass is 16.2. The van der Waals surface area contributed by atoms with Crippen molar-refractivity contribution in [3.8, 4) is 11.1 Å². The van der Waals surface area contributed by atoms with Crippen LogP contribution in [0.25, 0.3) is 11.1 Å². The maximum absolute atomic E-state index is 12.8. The van der Waals surface area contributed by atoms with Crippen molar-refractivity contribution in [1.29, 1.82) is 0 Å². The number of aromatic nitrogens is 3. The Labute approximate surface area is 148 Å². The van der Waals surface area contributed by atoms with Gasteiger partial charge in [-0.3, -0.25) is 14.9 Å². The Morgan fingerprint density at radius 3 is 2.64 bits per heavy atom. The molecule has 25 heavy (non-hydrogen) atoms. The average Bonchev–Trinajstić information content (AvgIpc) is 3.23. The number of carbonyl (C=O) groups excluding carboxylic acids is 1. The van der Waals surface area contributed by atoms with E-state index in [0.717, 1.165) is 55.6 Å². The molecule has 4 rings (SSSR count). The Morgan fingerprint density at radius 1 is 1.04 bits per heavy atom. The molecule has 5 heteroatoms. The van der Waals surface area contributed by atoms with Gasteiger partial charge in [0, 0.05) is 54.1 Å². The van der Waals surface area contributed by atoms with Gasteiger partial charge in [-0.25, -0.2) is 0 Å². The third-order valence-corrected chi connectivity index (χ3v) is 5.72. The summed E-state index contributed by atoms with van der Waals surface area (Å²) in [4.78, 5) is 19.6. The lowest BCUT2D eigenvalue weighted by atomic mass is 9.86. The molecule has 1 saturated carbocycles. The number of pyridine rings is 1. The van der Waals surface area contributed by atoms with E-state index in [1.54, 1.807) is 0 Å². The van der Waals surface area contributed by atoms with E-state index in [1.165, 1.54) is 19.3 Å². The highest BCUT2D eigenvalue weighted by molar-refractivity contribution is 5.79. The van der Waals surface area contributed by atoms with Crippen LogP contribution in [0.2, 0.25) is 0 Å². The Morgan fingerprint density at radius 2 is 1.92 bits per heavy atom. The van der Waals surface area contributed by atoms with Crippen LogP contribution < -0.4 is 0 Å². The zero-order valence-corrected chi connectivity index (χ0v) is 14.7. The molecule has 5 nitrogen and oxygen atoms in total. The molecule has 0 spiro atoms. The second-order valence-electron chi connectivity index (χ2n) is 7.42. The van der Waals surface area contributed by atoms with Crippen LogP contribution in [-0.4, -0.2) is 39.1 Å². The van der Waals surface area contributed by atoms with E-state index >= 15 is 0 Å². The highest BCUT2D eigenvalue weighted by Crippen LogP contribution is 2.31. The van der Waals surface area contributed by atoms with Gasteiger partial charge < -0.3 is 4.90 Å². The van der Waals surface area contributed by atoms with Gasteiger partial charge in [0.25, 0.3) is 0 Å². The summed E-state index contributed by atoms with van der Waals surface area (Å²) in [7, 11) is 0. The van der Waals surface area contributed by atoms with Crippen molar-refractivity contribution < 1.29 is 4.79 Å². The minimum Gasteiger partial charge on any atom is -0.342 e. The minimum absolute atomic E-state index is 0.268. The normalized spacial score (nSPS) is 22.1. The summed E-state index contributed by atoms with van der Waals surface area (Å²) < 4.78 is 0. The number of piperidine rings is 1. The molecule has 2 aliphatic rings. The van der Waals surface area contributed by atoms with Crippen molar-refractivity contribution in [1.82, 2.24) is 20.1 Å². The summed E-state index contributed by atoms with van der Waals surface area (Å²) in [6, 6.07) is 4.22. The topological polar surface area (TPSA) is 61.9 Å². The fourth-order valence-electron chi connectivity index (χ4n) is 4.25. The number of amides is 1. The van der Waals surface area contributed by atoms with Gasteiger partial charge in [-0.05, 0) is 31.7 Å². The van der Waals surface area contributed by atoms with Gasteiger partial charge in [-0.1, -0.05) is 25.3 Å². The SMILES string of the molecule is O=C(C1CCCCC1)N1CCC[C@H](c2ccc(-c3cn[nH]c3)cn2)C1. The van der Waals surface area contributed by atoms with Crippen LogP contribution in [0.15, 0.2) is 30.7 Å². The number of nitrogens with one attached hydrogen (secondary N) is 1. The van der Waals surface area contributed by atoms with E-state index < -0.39 is 0 Å². The molecule has 0 unspecified atom stereocenters. The van der Waals surface area contributed by atoms with Crippen LogP contribution in [0.5, 0.6) is 0 Å². The van der Waals surface area contributed by atoms with Gasteiger partial charge in [-0.2, -0.15) is 5.10 Å². The Balaban J connectivity index is 1.43. The van der Waals surface area contributed by atoms with Crippen molar-refractivity contribution in [2.75, 3.05) is 13.1 Å². The van der Waals surface area contributed by atoms with Crippen molar-refractivity contribution >= 4 is 5.91 Å². The first-order valence-corrected chi connectivity index (χ1v) is 9.55. The van der Waals surface area contributed by atoms with Crippen LogP contribution in [0.1, 0.15) is 56.6 Å². The molecule has 132 valence electrons. The highest BCUT2D eigenvalue weighted by Gasteiger charge is 2.30. The zero-order chi connectivity index (χ0) is 17.1. The first-order valence-electron chi connectivity index (χ1n) is 9.55. The molecule has 3 heterocycles. The Hall–Kier alpha value is -2.17. The number of hydrogen-bond donors (Lipinski definition) is 1. The third-order valence-electron chi connectivity index (χ3n) is 5.72. The van der Waals surface area contributed by atoms with Crippen LogP contribution in [0.4, 0.5) is 0 Å². The van der Waals surface area contributed by atoms with Gasteiger partial charge in [0.2, 0.25) is 5.91 Å². The predicted octanol–water partition coefficient (Wildman–Crippen LogP) is 3.76. The number of aromatic amines is 1. The maximum atomic E-state index is 12.8. The first-order chi connectivity index (χ1) is 12.3. The molecule has 1 amide bonds. The lowest BCUT2D eigenvalue weighted by Crippen LogP contribution is -2.43. The van der Waals surface area contributed by atoms with Crippen molar-refractivity contribution in [3.63, 3.8) is 0 Å². The molecule has 1 aliphatic carbocycles. The molecule has 0 bridgehead atoms. The van der Waals surface area contributed by atoms with Crippen molar-refractivity contribution in [2.45, 2.75) is 50.9 Å². The first kappa shape index (κ1) is 16.3. The van der Waals surface area contributed by atoms with E-state index in [4.69, 9.17) is 0 Å². The molecule has 1 saturated heterocycles. The Kier molecular flexibility index (Phi) is 4.81. The quantitative estimate of drug-likeness (QED) is 0.927. The molecule has 1 N–H and O–H groups in total. The third kappa shape index (κ3) is 3.60. The Bertz CT molecular complexity index is 689. The minimum atomic E-state index is 0.268. The molecule has 2 aromatic heterocycles. The van der Waals surface area contributed by atoms with Crippen LogP contribution in [-0.2, 0) is 4.79 Å². The number of H-pyrrole nitrogens is 1. The second-order valence-corrected chi connectivity index (χ2v) is 7.42. The maximum Gasteiger partial charge on any atom is 0.225 e. The number of hydrogen-bond acceptors (Lipinski definition) is 3. The monoisotopic (exact) mass is 338 g/mol. The van der Waals surface area contributed by atoms with E-state index in [0.29, 0.717) is 11.8 Å². The van der Waals surface area contributed by atoms with Gasteiger partial charge >= 0.3 is 0 Å². The number of rotatable bonds is 3. The van der Waals surface area contributed by atoms with Crippen LogP contribution >= 0.6 is 0 Å². The molecular formula is C20H26N4O. The van der Waals surface area contributed by atoms with E-state index in [2.05, 4.69) is 32.2 Å². The molecule has 0 aromatic carbocycles. The fraction of sp³-hybridized carbons (Fsp3) is 0.550. The molecule has 2 aromatic rings. The van der Waals surface area contributed by atoms with Crippen LogP contribution in [0, 0.1) is 5.92 Å². The average molecular weight is 338 g/mol. The summed E-state index contributed by atoms with van der Waals surface area (Å²) in [6.07, 6.45) is 13.7. The van der Waals surface area contributed by atoms with Crippen molar-refractivity contribution in [2.24, 2.45) is 5.92 Å². The smallest absolute Gasteiger partial charge is 0.225 e. The summed E-state index contributed by atoms with van der Waals surface area (Å²) in [5.74, 6) is 1.02. The van der Waals surface area contributed by atoms with Gasteiger partial charge in [0.15, 0.2) is 0 Å². The molecular weight excluding hydrogens is 312 g/mol. The van der Waals surface area contributed by atoms with Gasteiger partial charge in [0.05, 0.1) is 6.20 Å². The van der Waals surface area contributed by atoms with Gasteiger partial charge in [0.1, 0.15) is 0 Å². The molecule has 1 aliphatic heterocycles. The summed E-state index contributed by atoms with van der Waals surface area (Å²) >= 11 is 0. The van der Waals surface area contributed by atoms with E-state index in [1.807, 2.05) is 18.6 Å². The van der Waals surface area contributed by atoms with Crippen LogP contribution in [0.3, 0.4) is 0 Å². The molecule has 1 atom stereocenters. The number of likely N-dealkylation sites (tertiary alicyclic amines) is 1. The molecule has 2 fully saturated rings. The van der Waals surface area contributed by atoms with Crippen molar-refractivity contribution in [3.05, 3.63) is 36.4 Å². The summed E-state index contributed by atoms with van der Waals surface area (Å²) in [5.41, 5.74) is 3.23. The van der Waals surface area contributed by atoms with Gasteiger partial charge in [-0.15, -0.1) is 0 Å². The van der Waals surface area contributed by atoms with E-state index in [-0.39, 0.29) is 5.92 Å². The lowest BCUT2D eigenvalue weighted by molar-refractivity contribution is -0.137. The lowest BCUT2D eigenvalue weighted by Gasteiger charge is -2.35. The number of carbonyl (C=O) groups is 1. The predicted molar refractivity (Wildman–Crippen MR) is 96.9 cm³/mol. The fourth-order valence-corrected chi connectivity index (χ4v) is 4.25. The second kappa shape index (κ2) is 7.38. The summed E-state index contributed by atoms with van der Waals surface area (Å²) in [6.45, 7) is 1.74. The standard InChI is InChI=1S/C20H26N4O/c25-20(15-5-2-1-3-6-15)24-10-4-7-17(14-24)19-9-8-16(11-21-19)18-12-22-23-13-18/h8-9,11-13,15,17H,1-7,10,14H2,(H,22,23)/t17-/m0/s1.